The molecule has 0 aromatic carbocycles. The minimum atomic E-state index is 0.637. The maximum Gasteiger partial charge on any atom is 0.00816 e. The van der Waals surface area contributed by atoms with Crippen LogP contribution in [0, 0.1) is 11.8 Å². The van der Waals surface area contributed by atoms with Gasteiger partial charge in [0.2, 0.25) is 0 Å². The van der Waals surface area contributed by atoms with Crippen molar-refractivity contribution in [3.05, 3.63) is 0 Å². The van der Waals surface area contributed by atoms with Gasteiger partial charge in [0.1, 0.15) is 0 Å². The molecule has 1 heterocycles. The van der Waals surface area contributed by atoms with Gasteiger partial charge in [-0.3, -0.25) is 0 Å². The van der Waals surface area contributed by atoms with Crippen molar-refractivity contribution < 1.29 is 0 Å². The Labute approximate surface area is 102 Å². The zero-order chi connectivity index (χ0) is 12.1. The van der Waals surface area contributed by atoms with Crippen LogP contribution in [-0.4, -0.2) is 37.1 Å². The normalized spacial score (nSPS) is 23.6. The molecule has 0 amide bonds. The summed E-state index contributed by atoms with van der Waals surface area (Å²) in [4.78, 5) is 2.67. The Morgan fingerprint density at radius 3 is 2.12 bits per heavy atom. The van der Waals surface area contributed by atoms with Gasteiger partial charge < -0.3 is 10.2 Å². The minimum Gasteiger partial charge on any atom is -0.317 e. The molecule has 0 aromatic heterocycles. The van der Waals surface area contributed by atoms with Gasteiger partial charge in [-0.15, -0.1) is 0 Å². The Bertz CT molecular complexity index is 183. The summed E-state index contributed by atoms with van der Waals surface area (Å²) in [7, 11) is 2.06. The van der Waals surface area contributed by atoms with E-state index < -0.39 is 0 Å². The van der Waals surface area contributed by atoms with E-state index >= 15 is 0 Å². The number of rotatable bonds is 5. The summed E-state index contributed by atoms with van der Waals surface area (Å²) in [6.45, 7) is 12.0. The van der Waals surface area contributed by atoms with Crippen LogP contribution in [0.3, 0.4) is 0 Å². The summed E-state index contributed by atoms with van der Waals surface area (Å²) in [6, 6.07) is 1.37. The van der Waals surface area contributed by atoms with Crippen LogP contribution in [-0.2, 0) is 0 Å². The maximum atomic E-state index is 3.34. The molecule has 1 rings (SSSR count). The smallest absolute Gasteiger partial charge is 0.00816 e. The number of piperidine rings is 1. The highest BCUT2D eigenvalue weighted by Crippen LogP contribution is 2.26. The first-order chi connectivity index (χ1) is 7.54. The minimum absolute atomic E-state index is 0.637. The van der Waals surface area contributed by atoms with Crippen LogP contribution >= 0.6 is 0 Å². The molecule has 0 radical (unpaired) electrons. The van der Waals surface area contributed by atoms with E-state index in [4.69, 9.17) is 0 Å². The molecule has 1 aliphatic rings. The second kappa shape index (κ2) is 6.61. The first-order valence-corrected chi connectivity index (χ1v) is 6.96. The van der Waals surface area contributed by atoms with Crippen molar-refractivity contribution in [3.63, 3.8) is 0 Å². The van der Waals surface area contributed by atoms with Gasteiger partial charge in [-0.2, -0.15) is 0 Å². The lowest BCUT2D eigenvalue weighted by atomic mass is 9.86. The van der Waals surface area contributed by atoms with Crippen molar-refractivity contribution in [2.75, 3.05) is 20.1 Å². The lowest BCUT2D eigenvalue weighted by molar-refractivity contribution is 0.113. The van der Waals surface area contributed by atoms with E-state index in [0.717, 1.165) is 17.9 Å². The number of hydrogen-bond acceptors (Lipinski definition) is 2. The van der Waals surface area contributed by atoms with Crippen LogP contribution in [0.25, 0.3) is 0 Å². The van der Waals surface area contributed by atoms with Crippen LogP contribution in [0.1, 0.15) is 47.0 Å². The molecule has 0 spiro atoms. The van der Waals surface area contributed by atoms with E-state index in [0.29, 0.717) is 6.04 Å². The van der Waals surface area contributed by atoms with Crippen molar-refractivity contribution in [2.45, 2.75) is 59.0 Å². The average Bonchev–Trinajstić information content (AvgIpc) is 2.28. The number of likely N-dealkylation sites (tertiary alicyclic amines) is 1. The summed E-state index contributed by atoms with van der Waals surface area (Å²) in [6.07, 6.45) is 4.06. The molecule has 0 aliphatic carbocycles. The Balaban J connectivity index is 2.30. The third kappa shape index (κ3) is 4.06. The molecule has 1 fully saturated rings. The zero-order valence-corrected chi connectivity index (χ0v) is 11.8. The highest BCUT2D eigenvalue weighted by Gasteiger charge is 2.24. The van der Waals surface area contributed by atoms with Crippen LogP contribution in [0.4, 0.5) is 0 Å². The number of hydrogen-bond donors (Lipinski definition) is 1. The molecular weight excluding hydrogens is 196 g/mol. The second-order valence-corrected chi connectivity index (χ2v) is 5.89. The second-order valence-electron chi connectivity index (χ2n) is 5.89. The largest absolute Gasteiger partial charge is 0.317 e. The Morgan fingerprint density at radius 2 is 1.69 bits per heavy atom. The van der Waals surface area contributed by atoms with Gasteiger partial charge in [-0.1, -0.05) is 13.8 Å². The fourth-order valence-electron chi connectivity index (χ4n) is 2.81. The molecular formula is C14H30N2. The van der Waals surface area contributed by atoms with Gasteiger partial charge in [-0.25, -0.2) is 0 Å². The number of nitrogens with one attached hydrogen (secondary N) is 1. The first-order valence-electron chi connectivity index (χ1n) is 6.96. The van der Waals surface area contributed by atoms with Gasteiger partial charge in [0.15, 0.2) is 0 Å². The summed E-state index contributed by atoms with van der Waals surface area (Å²) in [5.41, 5.74) is 0. The SMILES string of the molecule is CNC(C)CC(C)N1CCC(C(C)C)CC1. The lowest BCUT2D eigenvalue weighted by Gasteiger charge is -2.38. The molecule has 2 unspecified atom stereocenters. The van der Waals surface area contributed by atoms with Crippen molar-refractivity contribution in [2.24, 2.45) is 11.8 Å². The van der Waals surface area contributed by atoms with Crippen LogP contribution in [0.15, 0.2) is 0 Å². The van der Waals surface area contributed by atoms with Crippen LogP contribution < -0.4 is 5.32 Å². The summed E-state index contributed by atoms with van der Waals surface area (Å²) < 4.78 is 0. The Morgan fingerprint density at radius 1 is 1.12 bits per heavy atom. The van der Waals surface area contributed by atoms with Crippen molar-refractivity contribution in [1.29, 1.82) is 0 Å². The molecule has 2 nitrogen and oxygen atoms in total. The zero-order valence-electron chi connectivity index (χ0n) is 11.8. The third-order valence-corrected chi connectivity index (χ3v) is 4.33. The highest BCUT2D eigenvalue weighted by molar-refractivity contribution is 4.79. The quantitative estimate of drug-likeness (QED) is 0.775. The topological polar surface area (TPSA) is 15.3 Å². The van der Waals surface area contributed by atoms with Gasteiger partial charge in [0, 0.05) is 12.1 Å². The van der Waals surface area contributed by atoms with Gasteiger partial charge >= 0.3 is 0 Å². The molecule has 16 heavy (non-hydrogen) atoms. The molecule has 0 bridgehead atoms. The van der Waals surface area contributed by atoms with E-state index in [9.17, 15) is 0 Å². The molecule has 0 saturated carbocycles. The van der Waals surface area contributed by atoms with E-state index in [1.54, 1.807) is 0 Å². The predicted octanol–water partition coefficient (Wildman–Crippen LogP) is 2.74. The van der Waals surface area contributed by atoms with E-state index in [1.807, 2.05) is 0 Å². The van der Waals surface area contributed by atoms with Crippen LogP contribution in [0.2, 0.25) is 0 Å². The van der Waals surface area contributed by atoms with Gasteiger partial charge in [0.05, 0.1) is 0 Å². The molecule has 2 atom stereocenters. The molecule has 2 heteroatoms. The fraction of sp³-hybridized carbons (Fsp3) is 1.00. The van der Waals surface area contributed by atoms with Crippen molar-refractivity contribution in [3.8, 4) is 0 Å². The summed E-state index contributed by atoms with van der Waals surface area (Å²) in [5.74, 6) is 1.83. The predicted molar refractivity (Wildman–Crippen MR) is 71.7 cm³/mol. The Kier molecular flexibility index (Phi) is 5.77. The van der Waals surface area contributed by atoms with Gasteiger partial charge in [-0.05, 0) is 65.1 Å². The molecule has 96 valence electrons. The van der Waals surface area contributed by atoms with E-state index in [1.165, 1.54) is 32.4 Å². The molecule has 1 aliphatic heterocycles. The number of nitrogens with zero attached hydrogens (tertiary/aromatic N) is 1. The highest BCUT2D eigenvalue weighted by atomic mass is 15.2. The first kappa shape index (κ1) is 14.0. The molecule has 0 aromatic rings. The van der Waals surface area contributed by atoms with E-state index in [-0.39, 0.29) is 0 Å². The van der Waals surface area contributed by atoms with Crippen molar-refractivity contribution >= 4 is 0 Å². The fourth-order valence-corrected chi connectivity index (χ4v) is 2.81. The summed E-state index contributed by atoms with van der Waals surface area (Å²) in [5, 5.41) is 3.34. The monoisotopic (exact) mass is 226 g/mol. The van der Waals surface area contributed by atoms with E-state index in [2.05, 4.69) is 45.0 Å². The van der Waals surface area contributed by atoms with Crippen molar-refractivity contribution in [1.82, 2.24) is 10.2 Å². The lowest BCUT2D eigenvalue weighted by Crippen LogP contribution is -2.43. The third-order valence-electron chi connectivity index (χ3n) is 4.33. The summed E-state index contributed by atoms with van der Waals surface area (Å²) >= 11 is 0. The standard InChI is InChI=1S/C14H30N2/c1-11(2)14-6-8-16(9-7-14)13(4)10-12(3)15-5/h11-15H,6-10H2,1-5H3. The van der Waals surface area contributed by atoms with Gasteiger partial charge in [0.25, 0.3) is 0 Å². The maximum absolute atomic E-state index is 3.34. The molecule has 1 N–H and O–H groups in total. The van der Waals surface area contributed by atoms with Crippen LogP contribution in [0.5, 0.6) is 0 Å². The average molecular weight is 226 g/mol. The Hall–Kier alpha value is -0.0800. The molecule has 1 saturated heterocycles.